The van der Waals surface area contributed by atoms with E-state index < -0.39 is 5.82 Å². The fraction of sp³-hybridized carbons (Fsp3) is 0.200. The molecule has 30 heavy (non-hydrogen) atoms. The number of carbonyl (C=O) groups excluding carboxylic acids is 2. The molecule has 3 aromatic rings. The van der Waals surface area contributed by atoms with Gasteiger partial charge in [-0.3, -0.25) is 9.59 Å². The second-order valence-electron chi connectivity index (χ2n) is 7.59. The minimum absolute atomic E-state index is 0.00203. The largest absolute Gasteiger partial charge is 0.337 e. The summed E-state index contributed by atoms with van der Waals surface area (Å²) < 4.78 is 14.2. The van der Waals surface area contributed by atoms with E-state index in [1.54, 1.807) is 17.0 Å². The van der Waals surface area contributed by atoms with Crippen LogP contribution in [-0.4, -0.2) is 29.8 Å². The highest BCUT2D eigenvalue weighted by atomic mass is 19.1. The van der Waals surface area contributed by atoms with Gasteiger partial charge in [-0.05, 0) is 36.2 Å². The maximum Gasteiger partial charge on any atom is 0.256 e. The number of amides is 2. The van der Waals surface area contributed by atoms with Gasteiger partial charge in [0.05, 0.1) is 11.5 Å². The van der Waals surface area contributed by atoms with Crippen molar-refractivity contribution >= 4 is 17.5 Å². The van der Waals surface area contributed by atoms with Crippen LogP contribution in [0.1, 0.15) is 28.3 Å². The molecule has 1 saturated heterocycles. The quantitative estimate of drug-likeness (QED) is 0.687. The van der Waals surface area contributed by atoms with Crippen molar-refractivity contribution in [2.24, 2.45) is 5.92 Å². The molecule has 1 aliphatic rings. The van der Waals surface area contributed by atoms with Crippen molar-refractivity contribution in [3.05, 3.63) is 102 Å². The number of nitrogens with one attached hydrogen (secondary N) is 1. The number of hydrogen-bond acceptors (Lipinski definition) is 2. The van der Waals surface area contributed by atoms with E-state index in [0.29, 0.717) is 13.0 Å². The first-order chi connectivity index (χ1) is 14.6. The van der Waals surface area contributed by atoms with Crippen molar-refractivity contribution in [1.82, 2.24) is 4.90 Å². The Hall–Kier alpha value is -3.47. The minimum Gasteiger partial charge on any atom is -0.337 e. The lowest BCUT2D eigenvalue weighted by molar-refractivity contribution is -0.121. The zero-order chi connectivity index (χ0) is 20.9. The lowest BCUT2D eigenvalue weighted by Crippen LogP contribution is -2.46. The fourth-order valence-corrected chi connectivity index (χ4v) is 3.99. The second kappa shape index (κ2) is 8.91. The summed E-state index contributed by atoms with van der Waals surface area (Å²) >= 11 is 0. The molecule has 0 bridgehead atoms. The predicted octanol–water partition coefficient (Wildman–Crippen LogP) is 4.71. The van der Waals surface area contributed by atoms with Gasteiger partial charge in [0, 0.05) is 24.7 Å². The van der Waals surface area contributed by atoms with Crippen LogP contribution in [0.2, 0.25) is 0 Å². The Morgan fingerprint density at radius 2 is 1.47 bits per heavy atom. The third-order valence-electron chi connectivity index (χ3n) is 5.53. The molecule has 4 rings (SSSR count). The number of hydrogen-bond donors (Lipinski definition) is 1. The Balaban J connectivity index is 1.59. The van der Waals surface area contributed by atoms with E-state index in [-0.39, 0.29) is 35.8 Å². The summed E-state index contributed by atoms with van der Waals surface area (Å²) in [5, 5.41) is 2.94. The molecular weight excluding hydrogens is 379 g/mol. The zero-order valence-corrected chi connectivity index (χ0v) is 16.5. The van der Waals surface area contributed by atoms with Gasteiger partial charge >= 0.3 is 0 Å². The molecule has 4 nitrogen and oxygen atoms in total. The molecule has 3 aromatic carbocycles. The van der Waals surface area contributed by atoms with E-state index in [0.717, 1.165) is 11.3 Å². The number of rotatable bonds is 4. The van der Waals surface area contributed by atoms with Gasteiger partial charge in [-0.25, -0.2) is 4.39 Å². The molecule has 1 heterocycles. The maximum absolute atomic E-state index is 14.2. The van der Waals surface area contributed by atoms with Crippen LogP contribution >= 0.6 is 0 Å². The maximum atomic E-state index is 14.2. The van der Waals surface area contributed by atoms with Crippen LogP contribution in [0.5, 0.6) is 0 Å². The minimum atomic E-state index is -0.547. The van der Waals surface area contributed by atoms with Gasteiger partial charge in [-0.1, -0.05) is 60.7 Å². The number of nitrogens with zero attached hydrogens (tertiary/aromatic N) is 1. The van der Waals surface area contributed by atoms with Crippen LogP contribution in [0.25, 0.3) is 0 Å². The van der Waals surface area contributed by atoms with Gasteiger partial charge in [-0.2, -0.15) is 0 Å². The van der Waals surface area contributed by atoms with Gasteiger partial charge < -0.3 is 10.2 Å². The van der Waals surface area contributed by atoms with E-state index in [1.807, 2.05) is 60.7 Å². The molecule has 0 aromatic heterocycles. The molecule has 2 unspecified atom stereocenters. The average Bonchev–Trinajstić information content (AvgIpc) is 2.80. The van der Waals surface area contributed by atoms with E-state index in [2.05, 4.69) is 5.32 Å². The molecule has 0 spiro atoms. The van der Waals surface area contributed by atoms with Crippen molar-refractivity contribution in [2.45, 2.75) is 12.3 Å². The van der Waals surface area contributed by atoms with Gasteiger partial charge in [0.25, 0.3) is 5.91 Å². The van der Waals surface area contributed by atoms with Crippen LogP contribution in [-0.2, 0) is 4.79 Å². The second-order valence-corrected chi connectivity index (χ2v) is 7.59. The Kier molecular flexibility index (Phi) is 5.89. The number of piperidine rings is 1. The Bertz CT molecular complexity index is 1020. The molecule has 0 saturated carbocycles. The topological polar surface area (TPSA) is 49.4 Å². The Labute approximate surface area is 175 Å². The highest BCUT2D eigenvalue weighted by molar-refractivity contribution is 5.96. The summed E-state index contributed by atoms with van der Waals surface area (Å²) in [4.78, 5) is 27.7. The normalized spacial score (nSPS) is 18.6. The van der Waals surface area contributed by atoms with Crippen LogP contribution < -0.4 is 5.32 Å². The lowest BCUT2D eigenvalue weighted by atomic mass is 9.83. The first kappa shape index (κ1) is 19.8. The fourth-order valence-electron chi connectivity index (χ4n) is 3.99. The number of benzene rings is 3. The number of likely N-dealkylation sites (tertiary alicyclic amines) is 1. The van der Waals surface area contributed by atoms with E-state index in [4.69, 9.17) is 0 Å². The van der Waals surface area contributed by atoms with Crippen LogP contribution in [0.3, 0.4) is 0 Å². The Morgan fingerprint density at radius 1 is 0.833 bits per heavy atom. The third-order valence-corrected chi connectivity index (χ3v) is 5.53. The highest BCUT2D eigenvalue weighted by Gasteiger charge is 2.35. The van der Waals surface area contributed by atoms with Crippen molar-refractivity contribution in [2.75, 3.05) is 18.4 Å². The molecule has 0 aliphatic carbocycles. The standard InChI is InChI=1S/C25H23FN2O2/c26-23-14-8-7-13-22(23)25(30)28-16-19(18-9-3-1-4-10-18)15-20(17-28)24(29)27-21-11-5-2-6-12-21/h1-14,19-20H,15-17H2,(H,27,29). The molecule has 1 N–H and O–H groups in total. The van der Waals surface area contributed by atoms with Crippen molar-refractivity contribution < 1.29 is 14.0 Å². The summed E-state index contributed by atoms with van der Waals surface area (Å²) in [6.07, 6.45) is 0.629. The molecule has 1 aliphatic heterocycles. The monoisotopic (exact) mass is 402 g/mol. The molecular formula is C25H23FN2O2. The summed E-state index contributed by atoms with van der Waals surface area (Å²) in [7, 11) is 0. The smallest absolute Gasteiger partial charge is 0.256 e. The van der Waals surface area contributed by atoms with E-state index >= 15 is 0 Å². The SMILES string of the molecule is O=C(Nc1ccccc1)C1CC(c2ccccc2)CN(C(=O)c2ccccc2F)C1. The first-order valence-electron chi connectivity index (χ1n) is 10.1. The van der Waals surface area contributed by atoms with Crippen molar-refractivity contribution in [3.8, 4) is 0 Å². The average molecular weight is 402 g/mol. The van der Waals surface area contributed by atoms with Gasteiger partial charge in [0.2, 0.25) is 5.91 Å². The van der Waals surface area contributed by atoms with Gasteiger partial charge in [0.1, 0.15) is 5.82 Å². The van der Waals surface area contributed by atoms with E-state index in [1.165, 1.54) is 12.1 Å². The molecule has 5 heteroatoms. The number of para-hydroxylation sites is 1. The first-order valence-corrected chi connectivity index (χ1v) is 10.1. The molecule has 1 fully saturated rings. The van der Waals surface area contributed by atoms with E-state index in [9.17, 15) is 14.0 Å². The highest BCUT2D eigenvalue weighted by Crippen LogP contribution is 2.32. The van der Waals surface area contributed by atoms with Crippen LogP contribution in [0, 0.1) is 11.7 Å². The summed E-state index contributed by atoms with van der Waals surface area (Å²) in [6.45, 7) is 0.710. The number of carbonyl (C=O) groups is 2. The molecule has 2 amide bonds. The van der Waals surface area contributed by atoms with Crippen molar-refractivity contribution in [3.63, 3.8) is 0 Å². The lowest BCUT2D eigenvalue weighted by Gasteiger charge is -2.37. The van der Waals surface area contributed by atoms with Crippen LogP contribution in [0.4, 0.5) is 10.1 Å². The summed E-state index contributed by atoms with van der Waals surface area (Å²) in [5.41, 5.74) is 1.82. The summed E-state index contributed by atoms with van der Waals surface area (Å²) in [5.74, 6) is -1.45. The number of anilines is 1. The summed E-state index contributed by atoms with van der Waals surface area (Å²) in [6, 6.07) is 25.1. The third kappa shape index (κ3) is 4.40. The zero-order valence-electron chi connectivity index (χ0n) is 16.5. The van der Waals surface area contributed by atoms with Crippen molar-refractivity contribution in [1.29, 1.82) is 0 Å². The van der Waals surface area contributed by atoms with Gasteiger partial charge in [0.15, 0.2) is 0 Å². The van der Waals surface area contributed by atoms with Crippen LogP contribution in [0.15, 0.2) is 84.9 Å². The molecule has 2 atom stereocenters. The molecule has 152 valence electrons. The number of halogens is 1. The Morgan fingerprint density at radius 3 is 2.17 bits per heavy atom. The predicted molar refractivity (Wildman–Crippen MR) is 115 cm³/mol. The molecule has 0 radical (unpaired) electrons. The van der Waals surface area contributed by atoms with Gasteiger partial charge in [-0.15, -0.1) is 0 Å².